The Morgan fingerprint density at radius 3 is 3.05 bits per heavy atom. The number of amidine groups is 1. The van der Waals surface area contributed by atoms with Crippen LogP contribution in [0.3, 0.4) is 0 Å². The Labute approximate surface area is 110 Å². The molecule has 1 N–H and O–H groups in total. The molecule has 0 aromatic carbocycles. The third kappa shape index (κ3) is 3.04. The summed E-state index contributed by atoms with van der Waals surface area (Å²) in [7, 11) is 0. The quantitative estimate of drug-likeness (QED) is 0.489. The number of rotatable bonds is 4. The number of esters is 2. The van der Waals surface area contributed by atoms with Crippen molar-refractivity contribution in [3.63, 3.8) is 0 Å². The molecule has 2 rings (SSSR count). The summed E-state index contributed by atoms with van der Waals surface area (Å²) in [6.07, 6.45) is 2.92. The maximum absolute atomic E-state index is 11.9. The first-order chi connectivity index (χ1) is 9.22. The molecule has 1 aromatic heterocycles. The second-order valence-corrected chi connectivity index (χ2v) is 3.81. The summed E-state index contributed by atoms with van der Waals surface area (Å²) in [4.78, 5) is 31.5. The molecule has 0 bridgehead atoms. The summed E-state index contributed by atoms with van der Waals surface area (Å²) in [6, 6.07) is 3.15. The van der Waals surface area contributed by atoms with Gasteiger partial charge in [0.25, 0.3) is 0 Å². The van der Waals surface area contributed by atoms with Crippen LogP contribution in [0.25, 0.3) is 0 Å². The first-order valence-corrected chi connectivity index (χ1v) is 5.82. The van der Waals surface area contributed by atoms with Crippen molar-refractivity contribution in [3.05, 3.63) is 42.2 Å². The summed E-state index contributed by atoms with van der Waals surface area (Å²) < 4.78 is 4.71. The van der Waals surface area contributed by atoms with Crippen molar-refractivity contribution in [2.45, 2.75) is 6.42 Å². The summed E-state index contributed by atoms with van der Waals surface area (Å²) >= 11 is 0. The van der Waals surface area contributed by atoms with Gasteiger partial charge in [-0.25, -0.2) is 4.79 Å². The van der Waals surface area contributed by atoms with Crippen LogP contribution >= 0.6 is 0 Å². The van der Waals surface area contributed by atoms with E-state index < -0.39 is 11.9 Å². The third-order valence-corrected chi connectivity index (χ3v) is 2.44. The topological polar surface area (TPSA) is 80.7 Å². The lowest BCUT2D eigenvalue weighted by molar-refractivity contribution is -0.136. The van der Waals surface area contributed by atoms with Gasteiger partial charge >= 0.3 is 11.9 Å². The first-order valence-electron chi connectivity index (χ1n) is 5.82. The molecular formula is C13H13N3O3. The largest absolute Gasteiger partial charge is 0.389 e. The minimum Gasteiger partial charge on any atom is -0.389 e. The van der Waals surface area contributed by atoms with Crippen LogP contribution in [0.15, 0.2) is 36.0 Å². The highest BCUT2D eigenvalue weighted by atomic mass is 16.6. The molecule has 19 heavy (non-hydrogen) atoms. The molecule has 0 unspecified atom stereocenters. The van der Waals surface area contributed by atoms with Crippen molar-refractivity contribution in [2.75, 3.05) is 13.1 Å². The Balaban J connectivity index is 2.22. The predicted molar refractivity (Wildman–Crippen MR) is 68.9 cm³/mol. The normalized spacial score (nSPS) is 13.4. The summed E-state index contributed by atoms with van der Waals surface area (Å²) in [5, 5.41) is 3.03. The van der Waals surface area contributed by atoms with Gasteiger partial charge in [-0.3, -0.25) is 14.8 Å². The van der Waals surface area contributed by atoms with Crippen LogP contribution in [0, 0.1) is 0 Å². The fourth-order valence-electron chi connectivity index (χ4n) is 1.63. The predicted octanol–water partition coefficient (Wildman–Crippen LogP) is 0.691. The Bertz CT molecular complexity index is 552. The number of nitrogens with one attached hydrogen (secondary N) is 1. The van der Waals surface area contributed by atoms with Crippen molar-refractivity contribution in [1.82, 2.24) is 10.3 Å². The number of carbonyl (C=O) groups excluding carboxylic acids is 2. The zero-order valence-corrected chi connectivity index (χ0v) is 10.3. The zero-order valence-electron chi connectivity index (χ0n) is 10.3. The highest BCUT2D eigenvalue weighted by Gasteiger charge is 2.21. The molecular weight excluding hydrogens is 246 g/mol. The Morgan fingerprint density at radius 2 is 2.37 bits per heavy atom. The Hall–Kier alpha value is -2.50. The van der Waals surface area contributed by atoms with Crippen LogP contribution in [0.1, 0.15) is 22.5 Å². The number of ether oxygens (including phenoxy) is 1. The van der Waals surface area contributed by atoms with Crippen LogP contribution in [-0.2, 0) is 9.53 Å². The standard InChI is InChI=1S/C13H13N3O3/c1-2-4-10(17)19-13(18)9-5-3-6-14-11(9)12-15-7-8-16-12/h2-3,5-6H,1,4,7-8H2,(H,15,16). The molecule has 0 spiro atoms. The molecule has 0 amide bonds. The van der Waals surface area contributed by atoms with Gasteiger partial charge in [-0.2, -0.15) is 0 Å². The molecule has 0 saturated carbocycles. The Morgan fingerprint density at radius 1 is 1.53 bits per heavy atom. The van der Waals surface area contributed by atoms with E-state index in [-0.39, 0.29) is 12.0 Å². The van der Waals surface area contributed by atoms with E-state index in [1.807, 2.05) is 0 Å². The number of aliphatic imine (C=N–C) groups is 1. The molecule has 6 nitrogen and oxygen atoms in total. The van der Waals surface area contributed by atoms with Crippen LogP contribution in [0.4, 0.5) is 0 Å². The number of nitrogens with zero attached hydrogens (tertiary/aromatic N) is 2. The molecule has 0 fully saturated rings. The van der Waals surface area contributed by atoms with E-state index in [4.69, 9.17) is 4.74 Å². The van der Waals surface area contributed by atoms with Gasteiger partial charge in [-0.15, -0.1) is 6.58 Å². The summed E-state index contributed by atoms with van der Waals surface area (Å²) in [5.74, 6) is -0.828. The van der Waals surface area contributed by atoms with Gasteiger partial charge in [-0.1, -0.05) is 6.08 Å². The van der Waals surface area contributed by atoms with Crippen molar-refractivity contribution < 1.29 is 14.3 Å². The zero-order chi connectivity index (χ0) is 13.7. The van der Waals surface area contributed by atoms with Crippen molar-refractivity contribution >= 4 is 17.8 Å². The van der Waals surface area contributed by atoms with Crippen LogP contribution in [0.5, 0.6) is 0 Å². The van der Waals surface area contributed by atoms with E-state index in [1.165, 1.54) is 6.08 Å². The maximum atomic E-state index is 11.9. The number of hydrogen-bond acceptors (Lipinski definition) is 6. The lowest BCUT2D eigenvalue weighted by Gasteiger charge is -2.07. The van der Waals surface area contributed by atoms with E-state index >= 15 is 0 Å². The summed E-state index contributed by atoms with van der Waals surface area (Å²) in [5.41, 5.74) is 0.615. The number of hydrogen-bond donors (Lipinski definition) is 1. The highest BCUT2D eigenvalue weighted by molar-refractivity contribution is 6.08. The second kappa shape index (κ2) is 5.90. The van der Waals surface area contributed by atoms with Gasteiger partial charge in [0.05, 0.1) is 18.5 Å². The average Bonchev–Trinajstić information content (AvgIpc) is 2.92. The van der Waals surface area contributed by atoms with Crippen molar-refractivity contribution in [3.8, 4) is 0 Å². The lowest BCUT2D eigenvalue weighted by atomic mass is 10.2. The van der Waals surface area contributed by atoms with Gasteiger partial charge in [0.2, 0.25) is 0 Å². The molecule has 0 saturated heterocycles. The monoisotopic (exact) mass is 259 g/mol. The van der Waals surface area contributed by atoms with E-state index in [1.54, 1.807) is 18.3 Å². The van der Waals surface area contributed by atoms with E-state index in [0.717, 1.165) is 0 Å². The van der Waals surface area contributed by atoms with Gasteiger partial charge in [0.15, 0.2) is 0 Å². The SMILES string of the molecule is C=CCC(=O)OC(=O)c1cccnc1C1=NCCN1. The minimum atomic E-state index is -0.730. The van der Waals surface area contributed by atoms with Gasteiger partial charge in [0, 0.05) is 12.7 Å². The molecule has 2 heterocycles. The highest BCUT2D eigenvalue weighted by Crippen LogP contribution is 2.10. The van der Waals surface area contributed by atoms with Gasteiger partial charge in [-0.05, 0) is 12.1 Å². The van der Waals surface area contributed by atoms with E-state index in [9.17, 15) is 9.59 Å². The molecule has 98 valence electrons. The fraction of sp³-hybridized carbons (Fsp3) is 0.231. The molecule has 1 aliphatic rings. The lowest BCUT2D eigenvalue weighted by Crippen LogP contribution is -2.24. The molecule has 0 aliphatic carbocycles. The van der Waals surface area contributed by atoms with Crippen LogP contribution < -0.4 is 5.32 Å². The van der Waals surface area contributed by atoms with Crippen molar-refractivity contribution in [1.29, 1.82) is 0 Å². The Kier molecular flexibility index (Phi) is 4.02. The van der Waals surface area contributed by atoms with E-state index in [2.05, 4.69) is 21.9 Å². The third-order valence-electron chi connectivity index (χ3n) is 2.44. The van der Waals surface area contributed by atoms with E-state index in [0.29, 0.717) is 24.6 Å². The second-order valence-electron chi connectivity index (χ2n) is 3.81. The smallest absolute Gasteiger partial charge is 0.348 e. The number of carbonyl (C=O) groups is 2. The number of pyridine rings is 1. The van der Waals surface area contributed by atoms with Crippen LogP contribution in [0.2, 0.25) is 0 Å². The maximum Gasteiger partial charge on any atom is 0.348 e. The molecule has 6 heteroatoms. The molecule has 1 aromatic rings. The average molecular weight is 259 g/mol. The molecule has 0 atom stereocenters. The van der Waals surface area contributed by atoms with Crippen molar-refractivity contribution in [2.24, 2.45) is 4.99 Å². The van der Waals surface area contributed by atoms with Gasteiger partial charge in [0.1, 0.15) is 11.5 Å². The summed E-state index contributed by atoms with van der Waals surface area (Å²) in [6.45, 7) is 4.75. The molecule has 1 aliphatic heterocycles. The van der Waals surface area contributed by atoms with Gasteiger partial charge < -0.3 is 10.1 Å². The number of aromatic nitrogens is 1. The van der Waals surface area contributed by atoms with Crippen LogP contribution in [-0.4, -0.2) is 35.8 Å². The fourth-order valence-corrected chi connectivity index (χ4v) is 1.63. The molecule has 0 radical (unpaired) electrons. The first kappa shape index (κ1) is 12.9. The minimum absolute atomic E-state index is 0.0134.